The van der Waals surface area contributed by atoms with Crippen LogP contribution in [0.4, 0.5) is 5.82 Å². The average molecular weight is 477 g/mol. The van der Waals surface area contributed by atoms with Gasteiger partial charge < -0.3 is 10.3 Å². The van der Waals surface area contributed by atoms with Crippen molar-refractivity contribution in [2.75, 3.05) is 11.5 Å². The fourth-order valence-electron chi connectivity index (χ4n) is 3.58. The molecule has 2 aromatic carbocycles. The Labute approximate surface area is 199 Å². The Bertz CT molecular complexity index is 1360. The molecule has 5 aromatic rings. The number of nitrogens with zero attached hydrogens (tertiary/aromatic N) is 7. The second kappa shape index (κ2) is 9.60. The molecule has 0 saturated heterocycles. The highest BCUT2D eigenvalue weighted by molar-refractivity contribution is 7.99. The van der Waals surface area contributed by atoms with Crippen LogP contribution in [0, 0.1) is 0 Å². The first-order valence-electron chi connectivity index (χ1n) is 10.5. The van der Waals surface area contributed by atoms with Gasteiger partial charge in [0.2, 0.25) is 0 Å². The predicted molar refractivity (Wildman–Crippen MR) is 131 cm³/mol. The van der Waals surface area contributed by atoms with Crippen LogP contribution in [0.1, 0.15) is 12.0 Å². The second-order valence-electron chi connectivity index (χ2n) is 7.46. The number of nitrogens with two attached hydrogens (primary N) is 1. The number of anilines is 1. The first kappa shape index (κ1) is 21.4. The largest absolute Gasteiger partial charge is 0.382 e. The van der Waals surface area contributed by atoms with Crippen molar-refractivity contribution in [1.29, 1.82) is 0 Å². The Morgan fingerprint density at radius 1 is 0.939 bits per heavy atom. The van der Waals surface area contributed by atoms with Gasteiger partial charge >= 0.3 is 0 Å². The van der Waals surface area contributed by atoms with Crippen LogP contribution in [0.3, 0.4) is 0 Å². The van der Waals surface area contributed by atoms with Crippen molar-refractivity contribution in [1.82, 2.24) is 34.3 Å². The van der Waals surface area contributed by atoms with Crippen molar-refractivity contribution in [3.05, 3.63) is 77.8 Å². The molecule has 166 valence electrons. The van der Waals surface area contributed by atoms with Gasteiger partial charge in [-0.3, -0.25) is 4.57 Å². The summed E-state index contributed by atoms with van der Waals surface area (Å²) in [4.78, 5) is 12.6. The van der Waals surface area contributed by atoms with Gasteiger partial charge in [0.05, 0.1) is 12.9 Å². The number of aromatic nitrogens is 7. The van der Waals surface area contributed by atoms with Crippen LogP contribution in [0.2, 0.25) is 5.02 Å². The molecule has 33 heavy (non-hydrogen) atoms. The van der Waals surface area contributed by atoms with Crippen molar-refractivity contribution in [2.24, 2.45) is 0 Å². The number of nitrogen functional groups attached to an aromatic ring is 1. The van der Waals surface area contributed by atoms with Crippen LogP contribution in [0.15, 0.2) is 72.4 Å². The lowest BCUT2D eigenvalue weighted by atomic mass is 10.2. The summed E-state index contributed by atoms with van der Waals surface area (Å²) in [6.45, 7) is 1.47. The summed E-state index contributed by atoms with van der Waals surface area (Å²) >= 11 is 7.76. The van der Waals surface area contributed by atoms with E-state index in [9.17, 15) is 0 Å². The van der Waals surface area contributed by atoms with Gasteiger partial charge in [-0.2, -0.15) is 0 Å². The first-order chi connectivity index (χ1) is 16.2. The molecule has 0 fully saturated rings. The minimum absolute atomic E-state index is 0.400. The van der Waals surface area contributed by atoms with Gasteiger partial charge in [0.25, 0.3) is 0 Å². The molecule has 2 N–H and O–H groups in total. The summed E-state index contributed by atoms with van der Waals surface area (Å²) < 4.78 is 4.16. The van der Waals surface area contributed by atoms with Crippen molar-refractivity contribution >= 4 is 40.3 Å². The average Bonchev–Trinajstić information content (AvgIpc) is 3.43. The number of rotatable bonds is 8. The maximum atomic E-state index is 6.08. The molecular formula is C23H21ClN8S. The maximum Gasteiger partial charge on any atom is 0.191 e. The number of hydrogen-bond donors (Lipinski definition) is 1. The van der Waals surface area contributed by atoms with Gasteiger partial charge in [-0.1, -0.05) is 53.7 Å². The van der Waals surface area contributed by atoms with Crippen LogP contribution in [0.25, 0.3) is 22.6 Å². The Kier molecular flexibility index (Phi) is 6.23. The van der Waals surface area contributed by atoms with Crippen LogP contribution >= 0.6 is 23.4 Å². The van der Waals surface area contributed by atoms with Crippen LogP contribution < -0.4 is 5.73 Å². The summed E-state index contributed by atoms with van der Waals surface area (Å²) in [7, 11) is 0. The number of fused-ring (bicyclic) bond motifs is 1. The number of aryl methyl sites for hydroxylation is 1. The van der Waals surface area contributed by atoms with Crippen molar-refractivity contribution in [3.8, 4) is 11.4 Å². The number of imidazole rings is 1. The van der Waals surface area contributed by atoms with E-state index in [1.165, 1.54) is 11.9 Å². The lowest BCUT2D eigenvalue weighted by Crippen LogP contribution is -2.05. The molecule has 10 heteroatoms. The summed E-state index contributed by atoms with van der Waals surface area (Å²) in [5.74, 6) is 2.09. The summed E-state index contributed by atoms with van der Waals surface area (Å²) in [5.41, 5.74) is 9.45. The molecule has 5 rings (SSSR count). The lowest BCUT2D eigenvalue weighted by molar-refractivity contribution is 0.689. The molecule has 0 saturated carbocycles. The van der Waals surface area contributed by atoms with Crippen molar-refractivity contribution < 1.29 is 0 Å². The molecule has 0 aliphatic rings. The zero-order valence-electron chi connectivity index (χ0n) is 17.7. The van der Waals surface area contributed by atoms with Gasteiger partial charge in [-0.05, 0) is 36.2 Å². The molecule has 0 aliphatic heterocycles. The van der Waals surface area contributed by atoms with E-state index < -0.39 is 0 Å². The van der Waals surface area contributed by atoms with E-state index in [1.807, 2.05) is 47.0 Å². The highest BCUT2D eigenvalue weighted by Crippen LogP contribution is 2.27. The molecule has 3 aromatic heterocycles. The molecule has 0 unspecified atom stereocenters. The third-order valence-electron chi connectivity index (χ3n) is 5.21. The quantitative estimate of drug-likeness (QED) is 0.259. The second-order valence-corrected chi connectivity index (χ2v) is 8.95. The van der Waals surface area contributed by atoms with Crippen LogP contribution in [-0.4, -0.2) is 40.0 Å². The molecule has 0 spiro atoms. The number of thioether (sulfide) groups is 1. The van der Waals surface area contributed by atoms with Crippen molar-refractivity contribution in [2.45, 2.75) is 24.7 Å². The van der Waals surface area contributed by atoms with Gasteiger partial charge in [0, 0.05) is 22.9 Å². The highest BCUT2D eigenvalue weighted by atomic mass is 35.5. The van der Waals surface area contributed by atoms with Crippen LogP contribution in [0.5, 0.6) is 0 Å². The molecule has 0 aliphatic carbocycles. The summed E-state index contributed by atoms with van der Waals surface area (Å²) in [6, 6.07) is 18.0. The van der Waals surface area contributed by atoms with E-state index in [1.54, 1.807) is 18.1 Å². The topological polar surface area (TPSA) is 100 Å². The molecular weight excluding hydrogens is 456 g/mol. The smallest absolute Gasteiger partial charge is 0.191 e. The Hall–Kier alpha value is -3.43. The molecule has 8 nitrogen and oxygen atoms in total. The molecule has 3 heterocycles. The normalized spacial score (nSPS) is 11.3. The summed E-state index contributed by atoms with van der Waals surface area (Å²) in [6.07, 6.45) is 4.14. The van der Waals surface area contributed by atoms with Crippen molar-refractivity contribution in [3.63, 3.8) is 0 Å². The predicted octanol–water partition coefficient (Wildman–Crippen LogP) is 4.55. The van der Waals surface area contributed by atoms with E-state index >= 15 is 0 Å². The molecule has 0 amide bonds. The standard InChI is InChI=1S/C23H21ClN8S/c24-18-9-7-17(8-10-18)21-29-30-23(32(21)13-16-5-2-1-3-6-16)33-12-4-11-31-15-28-19-20(25)26-14-27-22(19)31/h1-3,5-10,14-15H,4,11-13H2,(H2,25,26,27). The van der Waals surface area contributed by atoms with Gasteiger partial charge in [0.15, 0.2) is 22.4 Å². The Morgan fingerprint density at radius 2 is 1.76 bits per heavy atom. The Morgan fingerprint density at radius 3 is 2.58 bits per heavy atom. The van der Waals surface area contributed by atoms with E-state index in [2.05, 4.69) is 41.8 Å². The van der Waals surface area contributed by atoms with E-state index in [4.69, 9.17) is 17.3 Å². The minimum atomic E-state index is 0.400. The van der Waals surface area contributed by atoms with E-state index in [0.29, 0.717) is 22.9 Å². The maximum absolute atomic E-state index is 6.08. The molecule has 0 radical (unpaired) electrons. The van der Waals surface area contributed by atoms with E-state index in [0.717, 1.165) is 40.9 Å². The zero-order valence-corrected chi connectivity index (χ0v) is 19.2. The first-order valence-corrected chi connectivity index (χ1v) is 11.8. The molecule has 0 atom stereocenters. The fraction of sp³-hybridized carbons (Fsp3) is 0.174. The number of benzene rings is 2. The van der Waals surface area contributed by atoms with Gasteiger partial charge in [-0.15, -0.1) is 10.2 Å². The highest BCUT2D eigenvalue weighted by Gasteiger charge is 2.15. The van der Waals surface area contributed by atoms with Gasteiger partial charge in [-0.25, -0.2) is 15.0 Å². The fourth-order valence-corrected chi connectivity index (χ4v) is 4.56. The summed E-state index contributed by atoms with van der Waals surface area (Å²) in [5, 5.41) is 10.6. The Balaban J connectivity index is 1.32. The number of halogens is 1. The number of hydrogen-bond acceptors (Lipinski definition) is 7. The van der Waals surface area contributed by atoms with Crippen LogP contribution in [-0.2, 0) is 13.1 Å². The lowest BCUT2D eigenvalue weighted by Gasteiger charge is -2.11. The third kappa shape index (κ3) is 4.69. The molecule has 0 bridgehead atoms. The van der Waals surface area contributed by atoms with E-state index in [-0.39, 0.29) is 0 Å². The monoisotopic (exact) mass is 476 g/mol. The SMILES string of the molecule is Nc1ncnc2c1ncn2CCCSc1nnc(-c2ccc(Cl)cc2)n1Cc1ccccc1. The third-order valence-corrected chi connectivity index (χ3v) is 6.51. The minimum Gasteiger partial charge on any atom is -0.382 e. The zero-order chi connectivity index (χ0) is 22.6. The van der Waals surface area contributed by atoms with Gasteiger partial charge in [0.1, 0.15) is 11.8 Å².